The number of carbonyl (C=O) groups excluding carboxylic acids is 2. The number of fused-ring (bicyclic) bond motifs is 1. The van der Waals surface area contributed by atoms with Crippen molar-refractivity contribution in [3.05, 3.63) is 0 Å². The molecule has 0 aromatic carbocycles. The lowest BCUT2D eigenvalue weighted by Gasteiger charge is -2.27. The number of esters is 2. The second-order valence-electron chi connectivity index (χ2n) is 3.98. The Labute approximate surface area is 87.7 Å². The highest BCUT2D eigenvalue weighted by Gasteiger charge is 2.50. The van der Waals surface area contributed by atoms with Crippen LogP contribution in [0.4, 0.5) is 0 Å². The van der Waals surface area contributed by atoms with E-state index in [-0.39, 0.29) is 36.4 Å². The van der Waals surface area contributed by atoms with Crippen LogP contribution in [0.3, 0.4) is 0 Å². The summed E-state index contributed by atoms with van der Waals surface area (Å²) < 4.78 is 15.5. The van der Waals surface area contributed by atoms with Gasteiger partial charge in [-0.25, -0.2) is 0 Å². The first kappa shape index (κ1) is 10.4. The van der Waals surface area contributed by atoms with Crippen LogP contribution < -0.4 is 0 Å². The smallest absolute Gasteiger partial charge is 0.303 e. The second-order valence-corrected chi connectivity index (χ2v) is 3.98. The molecule has 5 heteroatoms. The van der Waals surface area contributed by atoms with Gasteiger partial charge in [0.15, 0.2) is 0 Å². The van der Waals surface area contributed by atoms with E-state index in [1.165, 1.54) is 13.8 Å². The fraction of sp³-hybridized carbons (Fsp3) is 0.800. The Hall–Kier alpha value is -1.10. The molecule has 84 valence electrons. The first-order valence-electron chi connectivity index (χ1n) is 5.06. The van der Waals surface area contributed by atoms with Crippen LogP contribution in [0.5, 0.6) is 0 Å². The number of rotatable bonds is 2. The third-order valence-electron chi connectivity index (χ3n) is 2.67. The zero-order valence-electron chi connectivity index (χ0n) is 8.76. The topological polar surface area (TPSA) is 65.1 Å². The van der Waals surface area contributed by atoms with Gasteiger partial charge in [0.2, 0.25) is 0 Å². The summed E-state index contributed by atoms with van der Waals surface area (Å²) in [5.41, 5.74) is 0. The van der Waals surface area contributed by atoms with Gasteiger partial charge in [-0.1, -0.05) is 0 Å². The van der Waals surface area contributed by atoms with E-state index < -0.39 is 0 Å². The molecule has 1 aliphatic heterocycles. The predicted octanol–water partition coefficient (Wildman–Crippen LogP) is 0.411. The van der Waals surface area contributed by atoms with Gasteiger partial charge in [0.05, 0.1) is 12.2 Å². The third-order valence-corrected chi connectivity index (χ3v) is 2.67. The average Bonchev–Trinajstić information content (AvgIpc) is 2.80. The SMILES string of the molecule is CC(=O)O[C@H]1C[C@@H]2O[C@@H]2C[C@H]1OC(C)=O. The summed E-state index contributed by atoms with van der Waals surface area (Å²) in [6.07, 6.45) is 0.914. The predicted molar refractivity (Wildman–Crippen MR) is 49.0 cm³/mol. The van der Waals surface area contributed by atoms with Crippen molar-refractivity contribution >= 4 is 11.9 Å². The lowest BCUT2D eigenvalue weighted by molar-refractivity contribution is -0.167. The molecule has 1 heterocycles. The molecule has 2 aliphatic rings. The number of hydrogen-bond donors (Lipinski definition) is 0. The van der Waals surface area contributed by atoms with Gasteiger partial charge in [0.1, 0.15) is 12.2 Å². The summed E-state index contributed by atoms with van der Waals surface area (Å²) >= 11 is 0. The summed E-state index contributed by atoms with van der Waals surface area (Å²) in [5.74, 6) is -0.701. The first-order valence-corrected chi connectivity index (χ1v) is 5.06. The number of hydrogen-bond acceptors (Lipinski definition) is 5. The van der Waals surface area contributed by atoms with Crippen LogP contribution >= 0.6 is 0 Å². The Kier molecular flexibility index (Phi) is 2.65. The minimum atomic E-state index is -0.352. The quantitative estimate of drug-likeness (QED) is 0.492. The highest BCUT2D eigenvalue weighted by atomic mass is 16.6. The van der Waals surface area contributed by atoms with Gasteiger partial charge >= 0.3 is 11.9 Å². The molecule has 0 bridgehead atoms. The van der Waals surface area contributed by atoms with Crippen molar-refractivity contribution in [3.8, 4) is 0 Å². The van der Waals surface area contributed by atoms with Crippen LogP contribution in [0.25, 0.3) is 0 Å². The van der Waals surface area contributed by atoms with E-state index in [1.54, 1.807) is 0 Å². The van der Waals surface area contributed by atoms with E-state index in [1.807, 2.05) is 0 Å². The van der Waals surface area contributed by atoms with E-state index in [4.69, 9.17) is 14.2 Å². The van der Waals surface area contributed by atoms with Crippen molar-refractivity contribution in [2.45, 2.75) is 51.1 Å². The largest absolute Gasteiger partial charge is 0.459 e. The average molecular weight is 214 g/mol. The molecular weight excluding hydrogens is 200 g/mol. The molecule has 4 atom stereocenters. The van der Waals surface area contributed by atoms with Gasteiger partial charge in [0, 0.05) is 26.7 Å². The van der Waals surface area contributed by atoms with Crippen LogP contribution in [-0.2, 0) is 23.8 Å². The van der Waals surface area contributed by atoms with Crippen LogP contribution in [-0.4, -0.2) is 36.4 Å². The Morgan fingerprint density at radius 3 is 1.73 bits per heavy atom. The van der Waals surface area contributed by atoms with Gasteiger partial charge in [-0.3, -0.25) is 9.59 Å². The molecule has 0 amide bonds. The fourth-order valence-electron chi connectivity index (χ4n) is 2.03. The van der Waals surface area contributed by atoms with Crippen molar-refractivity contribution in [1.29, 1.82) is 0 Å². The van der Waals surface area contributed by atoms with Gasteiger partial charge in [-0.15, -0.1) is 0 Å². The Morgan fingerprint density at radius 1 is 1.00 bits per heavy atom. The van der Waals surface area contributed by atoms with Gasteiger partial charge < -0.3 is 14.2 Å². The number of carbonyl (C=O) groups is 2. The number of epoxide rings is 1. The molecule has 1 saturated heterocycles. The summed E-state index contributed by atoms with van der Waals surface area (Å²) in [6, 6.07) is 0. The lowest BCUT2D eigenvalue weighted by Crippen LogP contribution is -2.39. The Balaban J connectivity index is 1.96. The molecule has 0 aromatic heterocycles. The van der Waals surface area contributed by atoms with Gasteiger partial charge in [-0.05, 0) is 0 Å². The number of ether oxygens (including phenoxy) is 3. The third kappa shape index (κ3) is 2.47. The second kappa shape index (κ2) is 3.81. The van der Waals surface area contributed by atoms with E-state index in [0.29, 0.717) is 12.8 Å². The molecule has 0 N–H and O–H groups in total. The highest BCUT2D eigenvalue weighted by Crippen LogP contribution is 2.39. The molecule has 0 radical (unpaired) electrons. The minimum absolute atomic E-state index is 0.182. The molecular formula is C10H14O5. The fourth-order valence-corrected chi connectivity index (χ4v) is 2.03. The molecule has 2 fully saturated rings. The van der Waals surface area contributed by atoms with Crippen molar-refractivity contribution in [3.63, 3.8) is 0 Å². The van der Waals surface area contributed by atoms with E-state index in [9.17, 15) is 9.59 Å². The zero-order valence-corrected chi connectivity index (χ0v) is 8.76. The van der Waals surface area contributed by atoms with Crippen LogP contribution in [0, 0.1) is 0 Å². The van der Waals surface area contributed by atoms with Crippen LogP contribution in [0.1, 0.15) is 26.7 Å². The minimum Gasteiger partial charge on any atom is -0.459 e. The van der Waals surface area contributed by atoms with Crippen molar-refractivity contribution < 1.29 is 23.8 Å². The molecule has 0 unspecified atom stereocenters. The van der Waals surface area contributed by atoms with Crippen LogP contribution in [0.15, 0.2) is 0 Å². The van der Waals surface area contributed by atoms with E-state index in [0.717, 1.165) is 0 Å². The highest BCUT2D eigenvalue weighted by molar-refractivity contribution is 5.67. The molecule has 2 rings (SSSR count). The Bertz CT molecular complexity index is 260. The summed E-state index contributed by atoms with van der Waals surface area (Å²) in [7, 11) is 0. The van der Waals surface area contributed by atoms with Crippen molar-refractivity contribution in [2.24, 2.45) is 0 Å². The molecule has 5 nitrogen and oxygen atoms in total. The lowest BCUT2D eigenvalue weighted by atomic mass is 9.94. The van der Waals surface area contributed by atoms with Crippen molar-refractivity contribution in [1.82, 2.24) is 0 Å². The maximum Gasteiger partial charge on any atom is 0.303 e. The zero-order chi connectivity index (χ0) is 11.0. The summed E-state index contributed by atoms with van der Waals surface area (Å²) in [6.45, 7) is 2.70. The Morgan fingerprint density at radius 2 is 1.40 bits per heavy atom. The maximum atomic E-state index is 10.9. The summed E-state index contributed by atoms with van der Waals surface area (Å²) in [4.78, 5) is 21.7. The maximum absolute atomic E-state index is 10.9. The van der Waals surface area contributed by atoms with Gasteiger partial charge in [0.25, 0.3) is 0 Å². The van der Waals surface area contributed by atoms with Crippen LogP contribution in [0.2, 0.25) is 0 Å². The van der Waals surface area contributed by atoms with E-state index in [2.05, 4.69) is 0 Å². The molecule has 1 aliphatic carbocycles. The monoisotopic (exact) mass is 214 g/mol. The molecule has 15 heavy (non-hydrogen) atoms. The molecule has 0 spiro atoms. The molecule has 1 saturated carbocycles. The standard InChI is InChI=1S/C10H14O5/c1-5(11)13-7-3-9-10(15-9)4-8(7)14-6(2)12/h7-10H,3-4H2,1-2H3/t7-,8+,9-,10+. The molecule has 0 aromatic rings. The van der Waals surface area contributed by atoms with Crippen molar-refractivity contribution in [2.75, 3.05) is 0 Å². The summed E-state index contributed by atoms with van der Waals surface area (Å²) in [5, 5.41) is 0. The normalized spacial score (nSPS) is 37.7. The van der Waals surface area contributed by atoms with Gasteiger partial charge in [-0.2, -0.15) is 0 Å². The van der Waals surface area contributed by atoms with E-state index >= 15 is 0 Å². The first-order chi connectivity index (χ1) is 7.06.